The summed E-state index contributed by atoms with van der Waals surface area (Å²) in [5.41, 5.74) is 3.04. The highest BCUT2D eigenvalue weighted by Crippen LogP contribution is 2.60. The lowest BCUT2D eigenvalue weighted by Gasteiger charge is -2.36. The van der Waals surface area contributed by atoms with Crippen LogP contribution in [0.2, 0.25) is 0 Å². The summed E-state index contributed by atoms with van der Waals surface area (Å²) >= 11 is 0. The summed E-state index contributed by atoms with van der Waals surface area (Å²) in [6, 6.07) is 10.4. The van der Waals surface area contributed by atoms with Crippen LogP contribution < -0.4 is 0 Å². The van der Waals surface area contributed by atoms with E-state index in [1.165, 1.54) is 5.56 Å². The van der Waals surface area contributed by atoms with Crippen LogP contribution in [0, 0.1) is 25.2 Å². The van der Waals surface area contributed by atoms with Crippen molar-refractivity contribution in [1.29, 1.82) is 0 Å². The van der Waals surface area contributed by atoms with Gasteiger partial charge in [-0.1, -0.05) is 47.6 Å². The molecule has 1 aromatic heterocycles. The Morgan fingerprint density at radius 3 is 2.40 bits per heavy atom. The molecule has 0 N–H and O–H groups in total. The number of piperazine rings is 1. The first-order chi connectivity index (χ1) is 16.9. The average Bonchev–Trinajstić information content (AvgIpc) is 3.49. The minimum atomic E-state index is 0.118. The summed E-state index contributed by atoms with van der Waals surface area (Å²) in [5, 5.41) is 3.96. The smallest absolute Gasteiger partial charge is 0.227 e. The molecule has 1 aromatic carbocycles. The summed E-state index contributed by atoms with van der Waals surface area (Å²) in [4.78, 5) is 32.5. The van der Waals surface area contributed by atoms with Gasteiger partial charge in [-0.25, -0.2) is 0 Å². The summed E-state index contributed by atoms with van der Waals surface area (Å²) in [5.74, 6) is 1.34. The van der Waals surface area contributed by atoms with Crippen LogP contribution in [-0.4, -0.2) is 77.5 Å². The average molecular weight is 477 g/mol. The van der Waals surface area contributed by atoms with Gasteiger partial charge in [0.2, 0.25) is 11.8 Å². The highest BCUT2D eigenvalue weighted by atomic mass is 16.5. The van der Waals surface area contributed by atoms with E-state index in [1.807, 2.05) is 24.8 Å². The molecule has 0 unspecified atom stereocenters. The Morgan fingerprint density at radius 2 is 1.74 bits per heavy atom. The molecule has 1 saturated carbocycles. The second-order valence-corrected chi connectivity index (χ2v) is 10.4. The zero-order chi connectivity index (χ0) is 24.4. The molecule has 35 heavy (non-hydrogen) atoms. The van der Waals surface area contributed by atoms with Crippen molar-refractivity contribution in [3.05, 3.63) is 59.0 Å². The van der Waals surface area contributed by atoms with Crippen LogP contribution in [0.3, 0.4) is 0 Å². The maximum Gasteiger partial charge on any atom is 0.227 e. The first kappa shape index (κ1) is 23.8. The van der Waals surface area contributed by atoms with Crippen molar-refractivity contribution < 1.29 is 14.1 Å². The lowest BCUT2D eigenvalue weighted by atomic mass is 9.90. The Balaban J connectivity index is 1.05. The molecule has 3 heterocycles. The van der Waals surface area contributed by atoms with E-state index in [1.54, 1.807) is 0 Å². The van der Waals surface area contributed by atoms with Crippen LogP contribution in [-0.2, 0) is 16.0 Å². The van der Waals surface area contributed by atoms with Crippen LogP contribution >= 0.6 is 0 Å². The molecule has 3 aliphatic rings. The van der Waals surface area contributed by atoms with Gasteiger partial charge in [-0.3, -0.25) is 14.5 Å². The Hall–Kier alpha value is -2.93. The molecule has 2 aromatic rings. The summed E-state index contributed by atoms with van der Waals surface area (Å²) in [6.45, 7) is 9.62. The minimum Gasteiger partial charge on any atom is -0.361 e. The van der Waals surface area contributed by atoms with Crippen LogP contribution in [0.15, 0.2) is 40.9 Å². The number of piperidine rings is 1. The molecule has 2 saturated heterocycles. The first-order valence-electron chi connectivity index (χ1n) is 12.9. The molecule has 5 rings (SSSR count). The molecule has 1 aliphatic carbocycles. The van der Waals surface area contributed by atoms with Crippen molar-refractivity contribution in [3.63, 3.8) is 0 Å². The number of amides is 2. The van der Waals surface area contributed by atoms with Crippen molar-refractivity contribution in [1.82, 2.24) is 19.9 Å². The number of aromatic nitrogens is 1. The van der Waals surface area contributed by atoms with E-state index in [0.717, 1.165) is 82.1 Å². The molecule has 2 amide bonds. The van der Waals surface area contributed by atoms with Crippen LogP contribution in [0.5, 0.6) is 0 Å². The molecule has 0 radical (unpaired) electrons. The SMILES string of the molecule is Cc1noc(C)c1CC(=O)N1CCC2(CC1)C[C@H]2C(=O)N1CCN(C/C=C/c2ccccc2)CC1. The molecule has 3 fully saturated rings. The highest BCUT2D eigenvalue weighted by molar-refractivity contribution is 5.83. The van der Waals surface area contributed by atoms with E-state index >= 15 is 0 Å². The van der Waals surface area contributed by atoms with Crippen molar-refractivity contribution in [2.24, 2.45) is 11.3 Å². The third kappa shape index (κ3) is 5.20. The molecule has 0 bridgehead atoms. The van der Waals surface area contributed by atoms with Gasteiger partial charge in [-0.2, -0.15) is 0 Å². The highest BCUT2D eigenvalue weighted by Gasteiger charge is 2.59. The van der Waals surface area contributed by atoms with E-state index in [-0.39, 0.29) is 17.2 Å². The number of aryl methyl sites for hydroxylation is 2. The van der Waals surface area contributed by atoms with Crippen LogP contribution in [0.4, 0.5) is 0 Å². The Morgan fingerprint density at radius 1 is 1.03 bits per heavy atom. The van der Waals surface area contributed by atoms with E-state index in [2.05, 4.69) is 51.4 Å². The van der Waals surface area contributed by atoms with Gasteiger partial charge < -0.3 is 14.3 Å². The van der Waals surface area contributed by atoms with Gasteiger partial charge in [0.1, 0.15) is 5.76 Å². The number of nitrogens with zero attached hydrogens (tertiary/aromatic N) is 4. The third-order valence-electron chi connectivity index (χ3n) is 8.27. The predicted octanol–water partition coefficient (Wildman–Crippen LogP) is 3.32. The van der Waals surface area contributed by atoms with E-state index in [9.17, 15) is 9.59 Å². The number of rotatable bonds is 6. The molecular formula is C28H36N4O3. The van der Waals surface area contributed by atoms with Crippen LogP contribution in [0.25, 0.3) is 6.08 Å². The number of carbonyl (C=O) groups is 2. The Kier molecular flexibility index (Phi) is 6.78. The number of hydrogen-bond donors (Lipinski definition) is 0. The maximum absolute atomic E-state index is 13.2. The van der Waals surface area contributed by atoms with Crippen LogP contribution in [0.1, 0.15) is 41.8 Å². The molecule has 2 aliphatic heterocycles. The monoisotopic (exact) mass is 476 g/mol. The fourth-order valence-corrected chi connectivity index (χ4v) is 5.74. The minimum absolute atomic E-state index is 0.118. The fourth-order valence-electron chi connectivity index (χ4n) is 5.74. The molecule has 186 valence electrons. The van der Waals surface area contributed by atoms with E-state index in [4.69, 9.17) is 4.52 Å². The summed E-state index contributed by atoms with van der Waals surface area (Å²) in [7, 11) is 0. The third-order valence-corrected chi connectivity index (χ3v) is 8.27. The van der Waals surface area contributed by atoms with Crippen molar-refractivity contribution in [2.45, 2.75) is 39.5 Å². The van der Waals surface area contributed by atoms with Gasteiger partial charge in [0, 0.05) is 57.3 Å². The topological polar surface area (TPSA) is 69.9 Å². The van der Waals surface area contributed by atoms with Gasteiger partial charge in [0.15, 0.2) is 0 Å². The van der Waals surface area contributed by atoms with Gasteiger partial charge >= 0.3 is 0 Å². The molecule has 7 heteroatoms. The van der Waals surface area contributed by atoms with E-state index in [0.29, 0.717) is 12.3 Å². The van der Waals surface area contributed by atoms with Crippen molar-refractivity contribution in [3.8, 4) is 0 Å². The fraction of sp³-hybridized carbons (Fsp3) is 0.536. The van der Waals surface area contributed by atoms with E-state index < -0.39 is 0 Å². The largest absolute Gasteiger partial charge is 0.361 e. The van der Waals surface area contributed by atoms with Gasteiger partial charge in [0.05, 0.1) is 12.1 Å². The Labute approximate surface area is 207 Å². The number of benzene rings is 1. The second-order valence-electron chi connectivity index (χ2n) is 10.4. The Bertz CT molecular complexity index is 1060. The van der Waals surface area contributed by atoms with Crippen molar-refractivity contribution in [2.75, 3.05) is 45.8 Å². The molecule has 7 nitrogen and oxygen atoms in total. The zero-order valence-electron chi connectivity index (χ0n) is 20.9. The lowest BCUT2D eigenvalue weighted by Crippen LogP contribution is -2.49. The van der Waals surface area contributed by atoms with Gasteiger partial charge in [-0.05, 0) is 44.1 Å². The molecule has 1 atom stereocenters. The normalized spacial score (nSPS) is 22.2. The van der Waals surface area contributed by atoms with Gasteiger partial charge in [0.25, 0.3) is 0 Å². The van der Waals surface area contributed by atoms with Crippen molar-refractivity contribution >= 4 is 17.9 Å². The molecule has 1 spiro atoms. The molecular weight excluding hydrogens is 440 g/mol. The van der Waals surface area contributed by atoms with Gasteiger partial charge in [-0.15, -0.1) is 0 Å². The first-order valence-corrected chi connectivity index (χ1v) is 12.9. The zero-order valence-corrected chi connectivity index (χ0v) is 20.9. The number of carbonyl (C=O) groups excluding carboxylic acids is 2. The lowest BCUT2D eigenvalue weighted by molar-refractivity contribution is -0.135. The summed E-state index contributed by atoms with van der Waals surface area (Å²) < 4.78 is 5.20. The second kappa shape index (κ2) is 9.97. The maximum atomic E-state index is 13.2. The predicted molar refractivity (Wildman–Crippen MR) is 135 cm³/mol. The number of likely N-dealkylation sites (tertiary alicyclic amines) is 1. The quantitative estimate of drug-likeness (QED) is 0.640. The number of hydrogen-bond acceptors (Lipinski definition) is 5. The summed E-state index contributed by atoms with van der Waals surface area (Å²) in [6.07, 6.45) is 7.57. The standard InChI is InChI=1S/C28H36N4O3/c1-21-24(22(2)35-29-21)19-26(33)31-13-10-28(11-14-31)20-25(28)27(34)32-17-15-30(16-18-32)12-6-9-23-7-4-3-5-8-23/h3-9,25H,10-20H2,1-2H3/b9-6+/t25-/m0/s1.